The zero-order valence-electron chi connectivity index (χ0n) is 13.7. The summed E-state index contributed by atoms with van der Waals surface area (Å²) in [6.07, 6.45) is 3.81. The highest BCUT2D eigenvalue weighted by Gasteiger charge is 2.34. The zero-order valence-corrected chi connectivity index (χ0v) is 13.7. The van der Waals surface area contributed by atoms with Gasteiger partial charge in [0.2, 0.25) is 0 Å². The van der Waals surface area contributed by atoms with Crippen molar-refractivity contribution in [2.24, 2.45) is 11.8 Å². The Balaban J connectivity index is 2.48. The molecule has 3 heteroatoms. The first kappa shape index (κ1) is 16.9. The molecule has 0 heterocycles. The Bertz CT molecular complexity index is 255. The van der Waals surface area contributed by atoms with Gasteiger partial charge in [0, 0.05) is 19.8 Å². The third kappa shape index (κ3) is 5.41. The first-order chi connectivity index (χ1) is 8.89. The number of ether oxygens (including phenoxy) is 2. The van der Waals surface area contributed by atoms with Crippen LogP contribution in [0.2, 0.25) is 0 Å². The fourth-order valence-corrected chi connectivity index (χ4v) is 3.11. The highest BCUT2D eigenvalue weighted by Crippen LogP contribution is 2.31. The maximum Gasteiger partial charge on any atom is 0.0753 e. The normalized spacial score (nSPS) is 32.5. The SMILES string of the molecule is CCNC1CC(C)CC(C)C1OCCC(C)(C)OC. The average Bonchev–Trinajstić information content (AvgIpc) is 2.33. The summed E-state index contributed by atoms with van der Waals surface area (Å²) in [5, 5.41) is 3.60. The predicted octanol–water partition coefficient (Wildman–Crippen LogP) is 3.23. The number of likely N-dealkylation sites (N-methyl/N-ethyl adjacent to an activating group) is 1. The third-order valence-electron chi connectivity index (χ3n) is 4.42. The molecule has 0 radical (unpaired) electrons. The summed E-state index contributed by atoms with van der Waals surface area (Å²) in [7, 11) is 1.77. The van der Waals surface area contributed by atoms with Crippen LogP contribution < -0.4 is 5.32 Å². The number of methoxy groups -OCH3 is 1. The van der Waals surface area contributed by atoms with Gasteiger partial charge in [0.15, 0.2) is 0 Å². The summed E-state index contributed by atoms with van der Waals surface area (Å²) in [4.78, 5) is 0. The number of nitrogens with one attached hydrogen (secondary N) is 1. The molecule has 0 bridgehead atoms. The van der Waals surface area contributed by atoms with Gasteiger partial charge in [-0.1, -0.05) is 20.8 Å². The van der Waals surface area contributed by atoms with Gasteiger partial charge < -0.3 is 14.8 Å². The van der Waals surface area contributed by atoms with Crippen LogP contribution in [0.1, 0.15) is 53.9 Å². The molecular weight excluding hydrogens is 238 g/mol. The Kier molecular flexibility index (Phi) is 6.78. The molecule has 0 aliphatic heterocycles. The van der Waals surface area contributed by atoms with Gasteiger partial charge in [-0.05, 0) is 51.5 Å². The van der Waals surface area contributed by atoms with E-state index >= 15 is 0 Å². The van der Waals surface area contributed by atoms with Crippen LogP contribution >= 0.6 is 0 Å². The molecule has 1 N–H and O–H groups in total. The highest BCUT2D eigenvalue weighted by atomic mass is 16.5. The lowest BCUT2D eigenvalue weighted by Gasteiger charge is -2.40. The summed E-state index contributed by atoms with van der Waals surface area (Å²) >= 11 is 0. The quantitative estimate of drug-likeness (QED) is 0.771. The fraction of sp³-hybridized carbons (Fsp3) is 1.00. The smallest absolute Gasteiger partial charge is 0.0753 e. The number of rotatable bonds is 7. The average molecular weight is 271 g/mol. The van der Waals surface area contributed by atoms with Crippen LogP contribution in [-0.4, -0.2) is 38.0 Å². The Morgan fingerprint density at radius 1 is 1.21 bits per heavy atom. The molecule has 114 valence electrons. The lowest BCUT2D eigenvalue weighted by atomic mass is 9.78. The summed E-state index contributed by atoms with van der Waals surface area (Å²) in [5.41, 5.74) is -0.0844. The van der Waals surface area contributed by atoms with E-state index in [0.717, 1.165) is 25.5 Å². The van der Waals surface area contributed by atoms with Gasteiger partial charge in [-0.3, -0.25) is 0 Å². The van der Waals surface area contributed by atoms with Crippen molar-refractivity contribution >= 4 is 0 Å². The van der Waals surface area contributed by atoms with E-state index in [0.29, 0.717) is 18.1 Å². The highest BCUT2D eigenvalue weighted by molar-refractivity contribution is 4.88. The van der Waals surface area contributed by atoms with Crippen molar-refractivity contribution in [1.82, 2.24) is 5.32 Å². The van der Waals surface area contributed by atoms with Gasteiger partial charge >= 0.3 is 0 Å². The summed E-state index contributed by atoms with van der Waals surface area (Å²) < 4.78 is 11.7. The third-order valence-corrected chi connectivity index (χ3v) is 4.42. The Morgan fingerprint density at radius 2 is 1.89 bits per heavy atom. The minimum Gasteiger partial charge on any atom is -0.379 e. The standard InChI is InChI=1S/C16H33NO2/c1-7-17-14-11-12(2)10-13(3)15(14)19-9-8-16(4,5)18-6/h12-15,17H,7-11H2,1-6H3. The van der Waals surface area contributed by atoms with Crippen LogP contribution in [0.5, 0.6) is 0 Å². The van der Waals surface area contributed by atoms with Gasteiger partial charge in [-0.25, -0.2) is 0 Å². The second kappa shape index (κ2) is 7.61. The summed E-state index contributed by atoms with van der Waals surface area (Å²) in [6, 6.07) is 0.509. The maximum atomic E-state index is 6.20. The van der Waals surface area contributed by atoms with E-state index in [1.54, 1.807) is 7.11 Å². The molecule has 1 fully saturated rings. The topological polar surface area (TPSA) is 30.5 Å². The van der Waals surface area contributed by atoms with E-state index in [1.165, 1.54) is 12.8 Å². The molecule has 1 aliphatic carbocycles. The molecule has 19 heavy (non-hydrogen) atoms. The molecule has 3 nitrogen and oxygen atoms in total. The second-order valence-corrected chi connectivity index (χ2v) is 6.77. The van der Waals surface area contributed by atoms with Crippen LogP contribution in [0.15, 0.2) is 0 Å². The minimum atomic E-state index is -0.0844. The number of hydrogen-bond acceptors (Lipinski definition) is 3. The van der Waals surface area contributed by atoms with E-state index in [9.17, 15) is 0 Å². The Hall–Kier alpha value is -0.120. The van der Waals surface area contributed by atoms with Crippen molar-refractivity contribution in [3.63, 3.8) is 0 Å². The van der Waals surface area contributed by atoms with Gasteiger partial charge in [-0.15, -0.1) is 0 Å². The van der Waals surface area contributed by atoms with Crippen molar-refractivity contribution < 1.29 is 9.47 Å². The van der Waals surface area contributed by atoms with E-state index in [2.05, 4.69) is 39.9 Å². The Morgan fingerprint density at radius 3 is 2.47 bits per heavy atom. The van der Waals surface area contributed by atoms with Crippen LogP contribution in [0.3, 0.4) is 0 Å². The lowest BCUT2D eigenvalue weighted by Crippen LogP contribution is -2.49. The molecule has 0 saturated heterocycles. The predicted molar refractivity (Wildman–Crippen MR) is 80.5 cm³/mol. The molecule has 1 rings (SSSR count). The monoisotopic (exact) mass is 271 g/mol. The van der Waals surface area contributed by atoms with E-state index < -0.39 is 0 Å². The zero-order chi connectivity index (χ0) is 14.5. The lowest BCUT2D eigenvalue weighted by molar-refractivity contribution is -0.0658. The first-order valence-corrected chi connectivity index (χ1v) is 7.79. The van der Waals surface area contributed by atoms with Crippen LogP contribution in [0, 0.1) is 11.8 Å². The van der Waals surface area contributed by atoms with Crippen LogP contribution in [0.25, 0.3) is 0 Å². The fourth-order valence-electron chi connectivity index (χ4n) is 3.11. The van der Waals surface area contributed by atoms with Crippen molar-refractivity contribution in [3.8, 4) is 0 Å². The number of hydrogen-bond donors (Lipinski definition) is 1. The molecule has 4 unspecified atom stereocenters. The van der Waals surface area contributed by atoms with Gasteiger partial charge in [0.1, 0.15) is 0 Å². The molecule has 0 spiro atoms. The maximum absolute atomic E-state index is 6.20. The molecule has 1 aliphatic rings. The molecular formula is C16H33NO2. The van der Waals surface area contributed by atoms with Crippen molar-refractivity contribution in [1.29, 1.82) is 0 Å². The van der Waals surface area contributed by atoms with Crippen LogP contribution in [-0.2, 0) is 9.47 Å². The van der Waals surface area contributed by atoms with Crippen molar-refractivity contribution in [3.05, 3.63) is 0 Å². The van der Waals surface area contributed by atoms with Crippen LogP contribution in [0.4, 0.5) is 0 Å². The minimum absolute atomic E-state index is 0.0844. The summed E-state index contributed by atoms with van der Waals surface area (Å²) in [6.45, 7) is 12.9. The molecule has 0 aromatic heterocycles. The Labute approximate surface area is 119 Å². The largest absolute Gasteiger partial charge is 0.379 e. The first-order valence-electron chi connectivity index (χ1n) is 7.79. The van der Waals surface area contributed by atoms with E-state index in [-0.39, 0.29) is 5.60 Å². The van der Waals surface area contributed by atoms with Crippen molar-refractivity contribution in [2.45, 2.75) is 71.6 Å². The van der Waals surface area contributed by atoms with E-state index in [1.807, 2.05) is 0 Å². The van der Waals surface area contributed by atoms with E-state index in [4.69, 9.17) is 9.47 Å². The molecule has 0 aromatic carbocycles. The molecule has 1 saturated carbocycles. The molecule has 0 aromatic rings. The summed E-state index contributed by atoms with van der Waals surface area (Å²) in [5.74, 6) is 1.44. The van der Waals surface area contributed by atoms with Crippen molar-refractivity contribution in [2.75, 3.05) is 20.3 Å². The van der Waals surface area contributed by atoms with Gasteiger partial charge in [0.05, 0.1) is 11.7 Å². The van der Waals surface area contributed by atoms with Gasteiger partial charge in [-0.2, -0.15) is 0 Å². The molecule has 4 atom stereocenters. The molecule has 0 amide bonds. The second-order valence-electron chi connectivity index (χ2n) is 6.77. The van der Waals surface area contributed by atoms with Gasteiger partial charge in [0.25, 0.3) is 0 Å².